The molecule has 0 saturated heterocycles. The fourth-order valence-corrected chi connectivity index (χ4v) is 2.85. The summed E-state index contributed by atoms with van der Waals surface area (Å²) in [6, 6.07) is 9.70. The van der Waals surface area contributed by atoms with Crippen molar-refractivity contribution in [3.8, 4) is 0 Å². The van der Waals surface area contributed by atoms with Gasteiger partial charge in [0.1, 0.15) is 5.82 Å². The van der Waals surface area contributed by atoms with Crippen molar-refractivity contribution in [3.63, 3.8) is 0 Å². The van der Waals surface area contributed by atoms with Crippen LogP contribution in [0.15, 0.2) is 35.7 Å². The van der Waals surface area contributed by atoms with E-state index in [1.807, 2.05) is 12.1 Å². The van der Waals surface area contributed by atoms with Crippen molar-refractivity contribution in [2.45, 2.75) is 25.4 Å². The molecule has 2 N–H and O–H groups in total. The number of para-hydroxylation sites is 1. The molecule has 0 bridgehead atoms. The fraction of sp³-hybridized carbons (Fsp3) is 0.286. The molecular weight excluding hydrogens is 247 g/mol. The van der Waals surface area contributed by atoms with E-state index >= 15 is 0 Å². The summed E-state index contributed by atoms with van der Waals surface area (Å²) in [7, 11) is 0. The second-order valence-electron chi connectivity index (χ2n) is 4.61. The van der Waals surface area contributed by atoms with Crippen LogP contribution in [-0.2, 0) is 6.54 Å². The Labute approximate surface area is 110 Å². The SMILES string of the molecule is Nc1c(F)cccc1N(Cc1cccs1)C1CC1. The highest BCUT2D eigenvalue weighted by Gasteiger charge is 2.30. The monoisotopic (exact) mass is 262 g/mol. The van der Waals surface area contributed by atoms with Crippen LogP contribution in [0, 0.1) is 5.82 Å². The van der Waals surface area contributed by atoms with E-state index in [1.54, 1.807) is 17.4 Å². The maximum atomic E-state index is 13.6. The van der Waals surface area contributed by atoms with Crippen LogP contribution in [0.1, 0.15) is 17.7 Å². The van der Waals surface area contributed by atoms with Crippen molar-refractivity contribution in [2.75, 3.05) is 10.6 Å². The molecule has 1 aliphatic rings. The van der Waals surface area contributed by atoms with Crippen molar-refractivity contribution in [1.82, 2.24) is 0 Å². The van der Waals surface area contributed by atoms with Gasteiger partial charge in [-0.2, -0.15) is 0 Å². The maximum absolute atomic E-state index is 13.6. The van der Waals surface area contributed by atoms with E-state index in [9.17, 15) is 4.39 Å². The molecule has 18 heavy (non-hydrogen) atoms. The predicted molar refractivity (Wildman–Crippen MR) is 74.3 cm³/mol. The molecule has 2 nitrogen and oxygen atoms in total. The third-order valence-corrected chi connectivity index (χ3v) is 4.09. The van der Waals surface area contributed by atoms with Gasteiger partial charge < -0.3 is 10.6 Å². The Morgan fingerprint density at radius 1 is 1.28 bits per heavy atom. The summed E-state index contributed by atoms with van der Waals surface area (Å²) in [5.41, 5.74) is 6.95. The Balaban J connectivity index is 1.91. The Kier molecular flexibility index (Phi) is 2.96. The molecule has 2 aromatic rings. The maximum Gasteiger partial charge on any atom is 0.148 e. The first-order valence-corrected chi connectivity index (χ1v) is 6.96. The molecule has 0 unspecified atom stereocenters. The lowest BCUT2D eigenvalue weighted by atomic mass is 10.2. The Hall–Kier alpha value is -1.55. The van der Waals surface area contributed by atoms with E-state index < -0.39 is 0 Å². The first-order valence-electron chi connectivity index (χ1n) is 6.08. The van der Waals surface area contributed by atoms with Crippen LogP contribution in [0.3, 0.4) is 0 Å². The van der Waals surface area contributed by atoms with E-state index in [0.717, 1.165) is 12.2 Å². The summed E-state index contributed by atoms with van der Waals surface area (Å²) >= 11 is 1.72. The topological polar surface area (TPSA) is 29.3 Å². The number of halogens is 1. The molecule has 3 rings (SSSR count). The summed E-state index contributed by atoms with van der Waals surface area (Å²) in [5, 5.41) is 2.06. The number of hydrogen-bond acceptors (Lipinski definition) is 3. The van der Waals surface area contributed by atoms with Gasteiger partial charge in [0.25, 0.3) is 0 Å². The minimum absolute atomic E-state index is 0.265. The second-order valence-corrected chi connectivity index (χ2v) is 5.64. The molecule has 1 heterocycles. The highest BCUT2D eigenvalue weighted by Crippen LogP contribution is 2.37. The zero-order valence-electron chi connectivity index (χ0n) is 9.97. The lowest BCUT2D eigenvalue weighted by molar-refractivity contribution is 0.631. The van der Waals surface area contributed by atoms with Gasteiger partial charge in [0.05, 0.1) is 17.9 Å². The minimum Gasteiger partial charge on any atom is -0.395 e. The average molecular weight is 262 g/mol. The van der Waals surface area contributed by atoms with Crippen LogP contribution in [0.2, 0.25) is 0 Å². The van der Waals surface area contributed by atoms with Crippen LogP contribution in [0.4, 0.5) is 15.8 Å². The molecule has 1 aromatic carbocycles. The van der Waals surface area contributed by atoms with Gasteiger partial charge in [-0.15, -0.1) is 11.3 Å². The number of anilines is 2. The van der Waals surface area contributed by atoms with Crippen LogP contribution in [0.25, 0.3) is 0 Å². The number of nitrogens with two attached hydrogens (primary N) is 1. The molecule has 94 valence electrons. The third-order valence-electron chi connectivity index (χ3n) is 3.23. The number of hydrogen-bond donors (Lipinski definition) is 1. The minimum atomic E-state index is -0.329. The fourth-order valence-electron chi connectivity index (χ4n) is 2.14. The normalized spacial score (nSPS) is 14.7. The molecule has 0 amide bonds. The zero-order chi connectivity index (χ0) is 12.5. The van der Waals surface area contributed by atoms with Gasteiger partial charge >= 0.3 is 0 Å². The van der Waals surface area contributed by atoms with Gasteiger partial charge in [-0.25, -0.2) is 4.39 Å². The summed E-state index contributed by atoms with van der Waals surface area (Å²) < 4.78 is 13.6. The number of benzene rings is 1. The molecule has 0 atom stereocenters. The smallest absolute Gasteiger partial charge is 0.148 e. The molecule has 1 saturated carbocycles. The van der Waals surface area contributed by atoms with Gasteiger partial charge in [-0.3, -0.25) is 0 Å². The molecule has 4 heteroatoms. The summed E-state index contributed by atoms with van der Waals surface area (Å²) in [5.74, 6) is -0.329. The van der Waals surface area contributed by atoms with Crippen molar-refractivity contribution in [3.05, 3.63) is 46.4 Å². The summed E-state index contributed by atoms with van der Waals surface area (Å²) in [6.07, 6.45) is 2.34. The Morgan fingerprint density at radius 3 is 2.78 bits per heavy atom. The van der Waals surface area contributed by atoms with E-state index in [2.05, 4.69) is 16.3 Å². The van der Waals surface area contributed by atoms with Gasteiger partial charge in [-0.1, -0.05) is 12.1 Å². The second kappa shape index (κ2) is 4.61. The van der Waals surface area contributed by atoms with E-state index in [0.29, 0.717) is 6.04 Å². The van der Waals surface area contributed by atoms with Crippen LogP contribution < -0.4 is 10.6 Å². The van der Waals surface area contributed by atoms with Crippen molar-refractivity contribution in [1.29, 1.82) is 0 Å². The number of nitrogens with zero attached hydrogens (tertiary/aromatic N) is 1. The molecule has 0 radical (unpaired) electrons. The largest absolute Gasteiger partial charge is 0.395 e. The van der Waals surface area contributed by atoms with E-state index in [4.69, 9.17) is 5.73 Å². The molecule has 1 aromatic heterocycles. The zero-order valence-corrected chi connectivity index (χ0v) is 10.8. The average Bonchev–Trinajstić information content (AvgIpc) is 3.08. The standard InChI is InChI=1S/C14H15FN2S/c15-12-4-1-5-13(14(12)16)17(10-6-7-10)9-11-3-2-8-18-11/h1-5,8,10H,6-7,9,16H2. The highest BCUT2D eigenvalue weighted by atomic mass is 32.1. The van der Waals surface area contributed by atoms with Crippen LogP contribution in [-0.4, -0.2) is 6.04 Å². The molecule has 1 fully saturated rings. The Bertz CT molecular complexity index is 535. The number of rotatable bonds is 4. The highest BCUT2D eigenvalue weighted by molar-refractivity contribution is 7.09. The molecule has 1 aliphatic carbocycles. The molecular formula is C14H15FN2S. The van der Waals surface area contributed by atoms with Crippen LogP contribution >= 0.6 is 11.3 Å². The third kappa shape index (κ3) is 2.20. The van der Waals surface area contributed by atoms with Crippen molar-refractivity contribution >= 4 is 22.7 Å². The first kappa shape index (κ1) is 11.5. The Morgan fingerprint density at radius 2 is 2.11 bits per heavy atom. The lowest BCUT2D eigenvalue weighted by Gasteiger charge is -2.25. The van der Waals surface area contributed by atoms with Crippen molar-refractivity contribution in [2.24, 2.45) is 0 Å². The van der Waals surface area contributed by atoms with Gasteiger partial charge in [0.15, 0.2) is 0 Å². The van der Waals surface area contributed by atoms with Crippen molar-refractivity contribution < 1.29 is 4.39 Å². The molecule has 0 aliphatic heterocycles. The molecule has 0 spiro atoms. The number of nitrogen functional groups attached to an aromatic ring is 1. The predicted octanol–water partition coefficient (Wildman–Crippen LogP) is 3.64. The quantitative estimate of drug-likeness (QED) is 0.852. The van der Waals surface area contributed by atoms with E-state index in [-0.39, 0.29) is 11.5 Å². The summed E-state index contributed by atoms with van der Waals surface area (Å²) in [4.78, 5) is 3.51. The van der Waals surface area contributed by atoms with E-state index in [1.165, 1.54) is 23.8 Å². The summed E-state index contributed by atoms with van der Waals surface area (Å²) in [6.45, 7) is 0.815. The van der Waals surface area contributed by atoms with Crippen LogP contribution in [0.5, 0.6) is 0 Å². The van der Waals surface area contributed by atoms with Gasteiger partial charge in [0.2, 0.25) is 0 Å². The number of thiophene rings is 1. The van der Waals surface area contributed by atoms with Gasteiger partial charge in [-0.05, 0) is 36.4 Å². The lowest BCUT2D eigenvalue weighted by Crippen LogP contribution is -2.25. The van der Waals surface area contributed by atoms with Gasteiger partial charge in [0, 0.05) is 10.9 Å². The first-order chi connectivity index (χ1) is 8.75.